The molecule has 0 bridgehead atoms. The summed E-state index contributed by atoms with van der Waals surface area (Å²) in [5.74, 6) is -2.17. The number of benzene rings is 2. The van der Waals surface area contributed by atoms with Gasteiger partial charge in [0.2, 0.25) is 11.8 Å². The van der Waals surface area contributed by atoms with Crippen molar-refractivity contribution in [2.75, 3.05) is 32.8 Å². The number of amides is 2. The molecule has 41 heavy (non-hydrogen) atoms. The quantitative estimate of drug-likeness (QED) is 0.511. The third-order valence-corrected chi connectivity index (χ3v) is 8.39. The van der Waals surface area contributed by atoms with Gasteiger partial charge in [-0.05, 0) is 36.1 Å². The first-order valence-corrected chi connectivity index (χ1v) is 12.9. The lowest BCUT2D eigenvalue weighted by Gasteiger charge is -2.34. The van der Waals surface area contributed by atoms with Crippen LogP contribution in [0.3, 0.4) is 0 Å². The van der Waals surface area contributed by atoms with Crippen LogP contribution in [0.1, 0.15) is 42.4 Å². The van der Waals surface area contributed by atoms with Gasteiger partial charge in [-0.25, -0.2) is 4.39 Å². The predicted molar refractivity (Wildman–Crippen MR) is 132 cm³/mol. The lowest BCUT2D eigenvalue weighted by molar-refractivity contribution is -0.376. The van der Waals surface area contributed by atoms with Crippen molar-refractivity contribution in [2.24, 2.45) is 5.92 Å². The van der Waals surface area contributed by atoms with Crippen molar-refractivity contribution in [1.29, 1.82) is 0 Å². The maximum atomic E-state index is 13.7. The topological polar surface area (TPSA) is 81.1 Å². The van der Waals surface area contributed by atoms with Crippen LogP contribution in [0.15, 0.2) is 48.5 Å². The summed E-state index contributed by atoms with van der Waals surface area (Å²) in [4.78, 5) is 28.4. The highest BCUT2D eigenvalue weighted by Gasteiger charge is 2.71. The number of piperidine rings is 1. The van der Waals surface area contributed by atoms with E-state index < -0.39 is 59.1 Å². The number of halogens is 7. The molecule has 0 aliphatic carbocycles. The van der Waals surface area contributed by atoms with E-state index in [2.05, 4.69) is 0 Å². The van der Waals surface area contributed by atoms with E-state index in [-0.39, 0.29) is 32.1 Å². The minimum Gasteiger partial charge on any atom is -0.387 e. The van der Waals surface area contributed by atoms with Crippen LogP contribution in [0.5, 0.6) is 0 Å². The molecule has 2 aliphatic rings. The highest BCUT2D eigenvalue weighted by molar-refractivity contribution is 5.81. The van der Waals surface area contributed by atoms with Crippen LogP contribution in [0, 0.1) is 11.7 Å². The van der Waals surface area contributed by atoms with Crippen LogP contribution in [0.2, 0.25) is 0 Å². The van der Waals surface area contributed by atoms with Gasteiger partial charge < -0.3 is 20.0 Å². The molecular formula is C28H29F7N2O4. The molecule has 224 valence electrons. The molecule has 2 heterocycles. The number of hydrogen-bond donors (Lipinski definition) is 2. The molecule has 0 saturated carbocycles. The summed E-state index contributed by atoms with van der Waals surface area (Å²) in [6.45, 7) is 1.95. The van der Waals surface area contributed by atoms with Crippen LogP contribution >= 0.6 is 0 Å². The zero-order valence-electron chi connectivity index (χ0n) is 22.0. The normalized spacial score (nSPS) is 22.7. The van der Waals surface area contributed by atoms with Crippen molar-refractivity contribution in [1.82, 2.24) is 9.80 Å². The first kappa shape index (κ1) is 30.8. The number of hydrogen-bond acceptors (Lipinski definition) is 4. The maximum absolute atomic E-state index is 13.7. The van der Waals surface area contributed by atoms with Gasteiger partial charge in [0.05, 0.1) is 0 Å². The number of nitrogens with zero attached hydrogens (tertiary/aromatic N) is 2. The second-order valence-corrected chi connectivity index (χ2v) is 10.8. The zero-order chi connectivity index (χ0) is 30.4. The molecule has 2 amide bonds. The van der Waals surface area contributed by atoms with E-state index in [0.29, 0.717) is 36.1 Å². The average molecular weight is 591 g/mol. The Hall–Kier alpha value is -3.19. The second kappa shape index (κ2) is 10.9. The summed E-state index contributed by atoms with van der Waals surface area (Å²) in [7, 11) is 0. The van der Waals surface area contributed by atoms with E-state index in [4.69, 9.17) is 5.11 Å². The minimum atomic E-state index is -6.02. The molecule has 2 saturated heterocycles. The predicted octanol–water partition coefficient (Wildman–Crippen LogP) is 4.25. The summed E-state index contributed by atoms with van der Waals surface area (Å²) in [5, 5.41) is 18.9. The summed E-state index contributed by atoms with van der Waals surface area (Å²) >= 11 is 0. The summed E-state index contributed by atoms with van der Waals surface area (Å²) < 4.78 is 94.1. The Kier molecular flexibility index (Phi) is 8.18. The van der Waals surface area contributed by atoms with Gasteiger partial charge in [-0.2, -0.15) is 26.3 Å². The Balaban J connectivity index is 1.65. The molecule has 6 nitrogen and oxygen atoms in total. The largest absolute Gasteiger partial charge is 0.430 e. The fraction of sp³-hybridized carbons (Fsp3) is 0.500. The molecule has 0 unspecified atom stereocenters. The number of aliphatic hydroxyl groups is 2. The molecule has 4 rings (SSSR count). The first-order chi connectivity index (χ1) is 19.0. The molecule has 2 N–H and O–H groups in total. The lowest BCUT2D eigenvalue weighted by atomic mass is 9.71. The monoisotopic (exact) mass is 590 g/mol. The number of alkyl halides is 6. The van der Waals surface area contributed by atoms with E-state index in [1.807, 2.05) is 0 Å². The van der Waals surface area contributed by atoms with Crippen LogP contribution in [-0.4, -0.2) is 77.0 Å². The first-order valence-electron chi connectivity index (χ1n) is 12.9. The smallest absolute Gasteiger partial charge is 0.387 e. The van der Waals surface area contributed by atoms with Gasteiger partial charge >= 0.3 is 12.4 Å². The number of carbonyl (C=O) groups is 2. The number of aliphatic hydroxyl groups excluding tert-OH is 1. The van der Waals surface area contributed by atoms with Crippen molar-refractivity contribution < 1.29 is 50.5 Å². The third-order valence-electron chi connectivity index (χ3n) is 8.39. The van der Waals surface area contributed by atoms with E-state index >= 15 is 0 Å². The highest BCUT2D eigenvalue weighted by Crippen LogP contribution is 2.51. The van der Waals surface area contributed by atoms with Crippen LogP contribution < -0.4 is 0 Å². The molecule has 13 heteroatoms. The molecule has 0 spiro atoms. The van der Waals surface area contributed by atoms with Gasteiger partial charge in [-0.1, -0.05) is 43.3 Å². The molecule has 0 aromatic heterocycles. The van der Waals surface area contributed by atoms with Gasteiger partial charge in [0, 0.05) is 49.0 Å². The third kappa shape index (κ3) is 5.53. The fourth-order valence-corrected chi connectivity index (χ4v) is 5.94. The molecular weight excluding hydrogens is 561 g/mol. The number of carbonyl (C=O) groups excluding carboxylic acids is 2. The molecule has 2 aromatic carbocycles. The summed E-state index contributed by atoms with van der Waals surface area (Å²) in [6, 6.07) is 8.83. The van der Waals surface area contributed by atoms with Crippen LogP contribution in [0.4, 0.5) is 30.7 Å². The Morgan fingerprint density at radius 3 is 1.93 bits per heavy atom. The van der Waals surface area contributed by atoms with E-state index in [0.717, 1.165) is 12.1 Å². The molecule has 2 aliphatic heterocycles. The highest BCUT2D eigenvalue weighted by atomic mass is 19.4. The van der Waals surface area contributed by atoms with Crippen LogP contribution in [-0.2, 0) is 20.6 Å². The van der Waals surface area contributed by atoms with Gasteiger partial charge in [-0.15, -0.1) is 0 Å². The Morgan fingerprint density at radius 2 is 1.44 bits per heavy atom. The maximum Gasteiger partial charge on any atom is 0.430 e. The second-order valence-electron chi connectivity index (χ2n) is 10.8. The zero-order valence-corrected chi connectivity index (χ0v) is 22.0. The SMILES string of the molecule is C[C@]1(c2ccc(F)cc2)CN(C(=O)C2CCN(C(=O)CO)CC2)C[C@H]1c1ccc(C(O)(C(F)(F)F)C(F)(F)F)cc1. The van der Waals surface area contributed by atoms with Gasteiger partial charge in [0.25, 0.3) is 5.60 Å². The fourth-order valence-electron chi connectivity index (χ4n) is 5.94. The van der Waals surface area contributed by atoms with Gasteiger partial charge in [0.1, 0.15) is 12.4 Å². The van der Waals surface area contributed by atoms with Crippen molar-refractivity contribution in [3.8, 4) is 0 Å². The van der Waals surface area contributed by atoms with Crippen LogP contribution in [0.25, 0.3) is 0 Å². The van der Waals surface area contributed by atoms with Crippen molar-refractivity contribution in [3.63, 3.8) is 0 Å². The standard InChI is InChI=1S/C28H29F7N2O4/c1-25(19-6-8-21(29)9-7-19)16-37(24(40)18-10-12-36(13-11-18)23(39)15-38)14-22(25)17-2-4-20(5-3-17)26(41,27(30,31)32)28(33,34)35/h2-9,18,22,38,41H,10-16H2,1H3/t22-,25+/m0/s1. The summed E-state index contributed by atoms with van der Waals surface area (Å²) in [5.41, 5.74) is -6.38. The van der Waals surface area contributed by atoms with Crippen molar-refractivity contribution in [3.05, 3.63) is 71.0 Å². The number of rotatable bonds is 5. The van der Waals surface area contributed by atoms with E-state index in [9.17, 15) is 45.4 Å². The Bertz CT molecular complexity index is 1240. The summed E-state index contributed by atoms with van der Waals surface area (Å²) in [6.07, 6.45) is -11.3. The Labute approximate surface area is 231 Å². The minimum absolute atomic E-state index is 0.0879. The molecule has 2 aromatic rings. The van der Waals surface area contributed by atoms with Gasteiger partial charge in [0.15, 0.2) is 0 Å². The van der Waals surface area contributed by atoms with E-state index in [1.54, 1.807) is 11.8 Å². The molecule has 0 radical (unpaired) electrons. The molecule has 2 atom stereocenters. The molecule has 2 fully saturated rings. The van der Waals surface area contributed by atoms with Crippen molar-refractivity contribution >= 4 is 11.8 Å². The van der Waals surface area contributed by atoms with Gasteiger partial charge in [-0.3, -0.25) is 9.59 Å². The van der Waals surface area contributed by atoms with E-state index in [1.165, 1.54) is 29.2 Å². The average Bonchev–Trinajstić information content (AvgIpc) is 3.29. The van der Waals surface area contributed by atoms with Crippen molar-refractivity contribution in [2.45, 2.75) is 49.1 Å². The Morgan fingerprint density at radius 1 is 0.902 bits per heavy atom. The number of likely N-dealkylation sites (tertiary alicyclic amines) is 2. The lowest BCUT2D eigenvalue weighted by Crippen LogP contribution is -2.53.